The lowest BCUT2D eigenvalue weighted by molar-refractivity contribution is -0.137. The standard InChI is InChI=1S/C11H23N3O2/c1-4-6-9(12)11(16)14(7-5-2)8-10(15)13-3/h9H,4-8,12H2,1-3H3,(H,13,15)/t9-/m0/s1. The minimum atomic E-state index is -0.485. The Morgan fingerprint density at radius 3 is 2.38 bits per heavy atom. The molecule has 0 aromatic heterocycles. The Balaban J connectivity index is 4.38. The van der Waals surface area contributed by atoms with Crippen LogP contribution < -0.4 is 11.1 Å². The van der Waals surface area contributed by atoms with Gasteiger partial charge in [0.05, 0.1) is 12.6 Å². The van der Waals surface area contributed by atoms with Crippen molar-refractivity contribution in [1.29, 1.82) is 0 Å². The van der Waals surface area contributed by atoms with Crippen LogP contribution in [-0.4, -0.2) is 42.9 Å². The van der Waals surface area contributed by atoms with Crippen molar-refractivity contribution in [3.05, 3.63) is 0 Å². The van der Waals surface area contributed by atoms with Gasteiger partial charge in [-0.1, -0.05) is 20.3 Å². The molecule has 0 aliphatic rings. The lowest BCUT2D eigenvalue weighted by Gasteiger charge is -2.24. The lowest BCUT2D eigenvalue weighted by Crippen LogP contribution is -2.47. The fourth-order valence-electron chi connectivity index (χ4n) is 1.46. The van der Waals surface area contributed by atoms with Crippen molar-refractivity contribution in [1.82, 2.24) is 10.2 Å². The van der Waals surface area contributed by atoms with Gasteiger partial charge in [-0.2, -0.15) is 0 Å². The van der Waals surface area contributed by atoms with E-state index in [1.165, 1.54) is 4.90 Å². The molecule has 16 heavy (non-hydrogen) atoms. The quantitative estimate of drug-likeness (QED) is 0.650. The fraction of sp³-hybridized carbons (Fsp3) is 0.818. The molecule has 0 aromatic carbocycles. The number of hydrogen-bond acceptors (Lipinski definition) is 3. The van der Waals surface area contributed by atoms with Crippen molar-refractivity contribution in [3.8, 4) is 0 Å². The van der Waals surface area contributed by atoms with E-state index in [4.69, 9.17) is 5.73 Å². The number of carbonyl (C=O) groups is 2. The Hall–Kier alpha value is -1.10. The van der Waals surface area contributed by atoms with E-state index in [0.29, 0.717) is 13.0 Å². The highest BCUT2D eigenvalue weighted by atomic mass is 16.2. The summed E-state index contributed by atoms with van der Waals surface area (Å²) in [6.45, 7) is 4.62. The minimum Gasteiger partial charge on any atom is -0.358 e. The van der Waals surface area contributed by atoms with Gasteiger partial charge in [0.15, 0.2) is 0 Å². The van der Waals surface area contributed by atoms with Gasteiger partial charge >= 0.3 is 0 Å². The van der Waals surface area contributed by atoms with Crippen LogP contribution in [0.5, 0.6) is 0 Å². The van der Waals surface area contributed by atoms with Crippen molar-refractivity contribution in [2.45, 2.75) is 39.2 Å². The average molecular weight is 229 g/mol. The Kier molecular flexibility index (Phi) is 7.54. The summed E-state index contributed by atoms with van der Waals surface area (Å²) in [6, 6.07) is -0.485. The molecule has 0 rings (SSSR count). The maximum absolute atomic E-state index is 11.9. The third-order valence-corrected chi connectivity index (χ3v) is 2.34. The summed E-state index contributed by atoms with van der Waals surface area (Å²) >= 11 is 0. The predicted molar refractivity (Wildman–Crippen MR) is 63.8 cm³/mol. The maximum Gasteiger partial charge on any atom is 0.239 e. The van der Waals surface area contributed by atoms with Crippen LogP contribution >= 0.6 is 0 Å². The van der Waals surface area contributed by atoms with Gasteiger partial charge in [0, 0.05) is 13.6 Å². The molecule has 5 nitrogen and oxygen atoms in total. The molecule has 0 fully saturated rings. The van der Waals surface area contributed by atoms with Gasteiger partial charge in [-0.25, -0.2) is 0 Å². The molecule has 0 aliphatic carbocycles. The molecule has 0 aliphatic heterocycles. The smallest absolute Gasteiger partial charge is 0.239 e. The van der Waals surface area contributed by atoms with Gasteiger partial charge in [0.2, 0.25) is 11.8 Å². The summed E-state index contributed by atoms with van der Waals surface area (Å²) < 4.78 is 0. The number of hydrogen-bond donors (Lipinski definition) is 2. The van der Waals surface area contributed by atoms with E-state index in [0.717, 1.165) is 12.8 Å². The Bertz CT molecular complexity index is 231. The minimum absolute atomic E-state index is 0.0978. The lowest BCUT2D eigenvalue weighted by atomic mass is 10.1. The van der Waals surface area contributed by atoms with E-state index in [-0.39, 0.29) is 18.4 Å². The first kappa shape index (κ1) is 14.9. The molecule has 2 amide bonds. The molecule has 0 radical (unpaired) electrons. The van der Waals surface area contributed by atoms with E-state index < -0.39 is 6.04 Å². The number of carbonyl (C=O) groups excluding carboxylic acids is 2. The number of amides is 2. The first-order valence-electron chi connectivity index (χ1n) is 5.81. The van der Waals surface area contributed by atoms with E-state index in [9.17, 15) is 9.59 Å². The van der Waals surface area contributed by atoms with Crippen LogP contribution in [0.1, 0.15) is 33.1 Å². The first-order chi connectivity index (χ1) is 7.56. The van der Waals surface area contributed by atoms with E-state index in [2.05, 4.69) is 5.32 Å². The van der Waals surface area contributed by atoms with Crippen molar-refractivity contribution >= 4 is 11.8 Å². The Labute approximate surface area is 97.4 Å². The van der Waals surface area contributed by atoms with Crippen LogP contribution in [0.15, 0.2) is 0 Å². The topological polar surface area (TPSA) is 75.4 Å². The third-order valence-electron chi connectivity index (χ3n) is 2.34. The molecule has 0 heterocycles. The van der Waals surface area contributed by atoms with Crippen LogP contribution in [-0.2, 0) is 9.59 Å². The number of likely N-dealkylation sites (N-methyl/N-ethyl adjacent to an activating group) is 1. The second-order valence-electron chi connectivity index (χ2n) is 3.83. The van der Waals surface area contributed by atoms with Crippen LogP contribution in [0, 0.1) is 0 Å². The second-order valence-corrected chi connectivity index (χ2v) is 3.83. The first-order valence-corrected chi connectivity index (χ1v) is 5.81. The number of nitrogens with two attached hydrogens (primary N) is 1. The normalized spacial score (nSPS) is 12.0. The molecule has 0 bridgehead atoms. The van der Waals surface area contributed by atoms with Crippen LogP contribution in [0.25, 0.3) is 0 Å². The molecule has 0 unspecified atom stereocenters. The molecular weight excluding hydrogens is 206 g/mol. The summed E-state index contributed by atoms with van der Waals surface area (Å²) in [5.41, 5.74) is 5.75. The summed E-state index contributed by atoms with van der Waals surface area (Å²) in [5, 5.41) is 2.51. The van der Waals surface area contributed by atoms with Crippen molar-refractivity contribution in [2.24, 2.45) is 5.73 Å². The summed E-state index contributed by atoms with van der Waals surface area (Å²) in [4.78, 5) is 24.7. The zero-order valence-corrected chi connectivity index (χ0v) is 10.5. The summed E-state index contributed by atoms with van der Waals surface area (Å²) in [6.07, 6.45) is 2.35. The van der Waals surface area contributed by atoms with Crippen molar-refractivity contribution in [2.75, 3.05) is 20.1 Å². The van der Waals surface area contributed by atoms with Gasteiger partial charge in [-0.15, -0.1) is 0 Å². The Morgan fingerprint density at radius 1 is 1.31 bits per heavy atom. The van der Waals surface area contributed by atoms with Gasteiger partial charge in [0.1, 0.15) is 0 Å². The maximum atomic E-state index is 11.9. The summed E-state index contributed by atoms with van der Waals surface area (Å²) in [5.74, 6) is -0.294. The van der Waals surface area contributed by atoms with Gasteiger partial charge in [0.25, 0.3) is 0 Å². The SMILES string of the molecule is CCC[C@H](N)C(=O)N(CCC)CC(=O)NC. The molecule has 94 valence electrons. The third kappa shape index (κ3) is 5.11. The fourth-order valence-corrected chi connectivity index (χ4v) is 1.46. The number of nitrogens with one attached hydrogen (secondary N) is 1. The van der Waals surface area contributed by atoms with Crippen molar-refractivity contribution in [3.63, 3.8) is 0 Å². The van der Waals surface area contributed by atoms with Gasteiger partial charge in [-0.05, 0) is 12.8 Å². The zero-order valence-electron chi connectivity index (χ0n) is 10.5. The van der Waals surface area contributed by atoms with Gasteiger partial charge < -0.3 is 16.0 Å². The zero-order chi connectivity index (χ0) is 12.6. The average Bonchev–Trinajstić information content (AvgIpc) is 2.27. The molecule has 0 aromatic rings. The Morgan fingerprint density at radius 2 is 1.94 bits per heavy atom. The molecule has 3 N–H and O–H groups in total. The van der Waals surface area contributed by atoms with Crippen molar-refractivity contribution < 1.29 is 9.59 Å². The van der Waals surface area contributed by atoms with E-state index in [1.807, 2.05) is 13.8 Å². The number of rotatable bonds is 7. The molecule has 0 saturated heterocycles. The van der Waals surface area contributed by atoms with Gasteiger partial charge in [-0.3, -0.25) is 9.59 Å². The molecule has 0 spiro atoms. The largest absolute Gasteiger partial charge is 0.358 e. The van der Waals surface area contributed by atoms with E-state index >= 15 is 0 Å². The highest BCUT2D eigenvalue weighted by Crippen LogP contribution is 2.01. The van der Waals surface area contributed by atoms with E-state index in [1.54, 1.807) is 7.05 Å². The molecule has 1 atom stereocenters. The highest BCUT2D eigenvalue weighted by Gasteiger charge is 2.21. The summed E-state index contributed by atoms with van der Waals surface area (Å²) in [7, 11) is 1.56. The second kappa shape index (κ2) is 8.10. The highest BCUT2D eigenvalue weighted by molar-refractivity contribution is 5.87. The predicted octanol–water partition coefficient (Wildman–Crippen LogP) is 0.0984. The number of nitrogens with zero attached hydrogens (tertiary/aromatic N) is 1. The molecule has 0 saturated carbocycles. The van der Waals surface area contributed by atoms with Crippen LogP contribution in [0.3, 0.4) is 0 Å². The molecule has 5 heteroatoms. The monoisotopic (exact) mass is 229 g/mol. The molecular formula is C11H23N3O2. The van der Waals surface area contributed by atoms with Crippen LogP contribution in [0.2, 0.25) is 0 Å². The van der Waals surface area contributed by atoms with Crippen LogP contribution in [0.4, 0.5) is 0 Å².